The van der Waals surface area contributed by atoms with Crippen LogP contribution in [-0.4, -0.2) is 33.7 Å². The lowest BCUT2D eigenvalue weighted by Crippen LogP contribution is -2.28. The topological polar surface area (TPSA) is 84.5 Å². The van der Waals surface area contributed by atoms with Gasteiger partial charge in [0.1, 0.15) is 12.4 Å². The van der Waals surface area contributed by atoms with E-state index in [1.165, 1.54) is 30.8 Å². The van der Waals surface area contributed by atoms with Gasteiger partial charge in [0.25, 0.3) is 0 Å². The Morgan fingerprint density at radius 2 is 1.93 bits per heavy atom. The summed E-state index contributed by atoms with van der Waals surface area (Å²) in [5.41, 5.74) is 2.63. The van der Waals surface area contributed by atoms with E-state index in [-0.39, 0.29) is 24.0 Å². The number of amides is 1. The Hall–Kier alpha value is -2.03. The molecule has 0 heterocycles. The second-order valence-corrected chi connectivity index (χ2v) is 8.60. The summed E-state index contributed by atoms with van der Waals surface area (Å²) >= 11 is 1.43. The van der Waals surface area contributed by atoms with Crippen LogP contribution in [0.5, 0.6) is 5.75 Å². The number of benzene rings is 2. The molecule has 0 aliphatic rings. The predicted molar refractivity (Wildman–Crippen MR) is 109 cm³/mol. The molecule has 0 aliphatic carbocycles. The number of nitrogens with one attached hydrogen (secondary N) is 2. The number of sulfonamides is 1. The van der Waals surface area contributed by atoms with Gasteiger partial charge in [-0.2, -0.15) is 0 Å². The zero-order valence-corrected chi connectivity index (χ0v) is 17.5. The Morgan fingerprint density at radius 3 is 2.59 bits per heavy atom. The van der Waals surface area contributed by atoms with E-state index in [1.54, 1.807) is 6.07 Å². The normalized spacial score (nSPS) is 11.3. The molecule has 8 heteroatoms. The molecule has 0 bridgehead atoms. The molecular weight excluding hydrogens is 384 g/mol. The van der Waals surface area contributed by atoms with E-state index in [0.29, 0.717) is 5.69 Å². The maximum atomic E-state index is 12.5. The molecule has 2 N–H and O–H groups in total. The Balaban J connectivity index is 2.03. The van der Waals surface area contributed by atoms with E-state index < -0.39 is 10.0 Å². The quantitative estimate of drug-likeness (QED) is 0.517. The standard InChI is InChI=1S/C19H24N2O4S2/c1-13-6-5-7-18(14(13)2)25-11-10-20-27(23,24)16-8-9-19(26-4)17(12-16)21-15(3)22/h5-9,12,20H,10-11H2,1-4H3,(H,21,22). The number of aryl methyl sites for hydroxylation is 1. The van der Waals surface area contributed by atoms with Gasteiger partial charge in [0.15, 0.2) is 0 Å². The smallest absolute Gasteiger partial charge is 0.240 e. The number of carbonyl (C=O) groups excluding carboxylic acids is 1. The molecule has 0 radical (unpaired) electrons. The molecule has 0 aliphatic heterocycles. The molecule has 27 heavy (non-hydrogen) atoms. The Morgan fingerprint density at radius 1 is 1.19 bits per heavy atom. The fourth-order valence-corrected chi connectivity index (χ4v) is 4.02. The molecule has 1 amide bonds. The number of hydrogen-bond acceptors (Lipinski definition) is 5. The number of rotatable bonds is 8. The summed E-state index contributed by atoms with van der Waals surface area (Å²) in [5.74, 6) is 0.487. The summed E-state index contributed by atoms with van der Waals surface area (Å²) in [4.78, 5) is 12.2. The van der Waals surface area contributed by atoms with Crippen LogP contribution < -0.4 is 14.8 Å². The van der Waals surface area contributed by atoms with E-state index in [9.17, 15) is 13.2 Å². The second-order valence-electron chi connectivity index (χ2n) is 5.99. The molecule has 146 valence electrons. The minimum Gasteiger partial charge on any atom is -0.492 e. The zero-order chi connectivity index (χ0) is 20.0. The lowest BCUT2D eigenvalue weighted by atomic mass is 10.1. The Kier molecular flexibility index (Phi) is 7.29. The SMILES string of the molecule is CSc1ccc(S(=O)(=O)NCCOc2cccc(C)c2C)cc1NC(C)=O. The van der Waals surface area contributed by atoms with Gasteiger partial charge in [-0.25, -0.2) is 13.1 Å². The molecule has 0 aromatic heterocycles. The minimum absolute atomic E-state index is 0.0933. The molecular formula is C19H24N2O4S2. The highest BCUT2D eigenvalue weighted by molar-refractivity contribution is 7.98. The molecule has 2 aromatic carbocycles. The van der Waals surface area contributed by atoms with Crippen molar-refractivity contribution in [3.8, 4) is 5.75 Å². The van der Waals surface area contributed by atoms with Crippen LogP contribution in [0.3, 0.4) is 0 Å². The number of ether oxygens (including phenoxy) is 1. The van der Waals surface area contributed by atoms with Gasteiger partial charge in [-0.15, -0.1) is 11.8 Å². The molecule has 0 fully saturated rings. The average Bonchev–Trinajstić information content (AvgIpc) is 2.61. The van der Waals surface area contributed by atoms with E-state index in [1.807, 2.05) is 38.3 Å². The first kappa shape index (κ1) is 21.3. The van der Waals surface area contributed by atoms with Crippen molar-refractivity contribution in [2.24, 2.45) is 0 Å². The highest BCUT2D eigenvalue weighted by Gasteiger charge is 2.16. The monoisotopic (exact) mass is 408 g/mol. The molecule has 0 atom stereocenters. The third-order valence-corrected chi connectivity index (χ3v) is 6.25. The number of carbonyl (C=O) groups is 1. The van der Waals surface area contributed by atoms with Crippen molar-refractivity contribution >= 4 is 33.4 Å². The summed E-state index contributed by atoms with van der Waals surface area (Å²) in [7, 11) is -3.71. The van der Waals surface area contributed by atoms with Crippen molar-refractivity contribution in [2.45, 2.75) is 30.6 Å². The zero-order valence-electron chi connectivity index (χ0n) is 15.8. The molecule has 0 saturated carbocycles. The highest BCUT2D eigenvalue weighted by Crippen LogP contribution is 2.28. The van der Waals surface area contributed by atoms with Crippen LogP contribution in [0.25, 0.3) is 0 Å². The molecule has 2 aromatic rings. The van der Waals surface area contributed by atoms with E-state index in [4.69, 9.17) is 4.74 Å². The maximum Gasteiger partial charge on any atom is 0.240 e. The van der Waals surface area contributed by atoms with Gasteiger partial charge in [-0.3, -0.25) is 4.79 Å². The summed E-state index contributed by atoms with van der Waals surface area (Å²) in [6.45, 7) is 5.69. The second kappa shape index (κ2) is 9.25. The summed E-state index contributed by atoms with van der Waals surface area (Å²) in [5, 5.41) is 2.66. The van der Waals surface area contributed by atoms with Gasteiger partial charge < -0.3 is 10.1 Å². The molecule has 0 saturated heterocycles. The lowest BCUT2D eigenvalue weighted by Gasteiger charge is -2.13. The Labute approximate surface area is 164 Å². The van der Waals surface area contributed by atoms with Crippen LogP contribution >= 0.6 is 11.8 Å². The fourth-order valence-electron chi connectivity index (χ4n) is 2.44. The van der Waals surface area contributed by atoms with Gasteiger partial charge in [0, 0.05) is 18.4 Å². The van der Waals surface area contributed by atoms with E-state index in [2.05, 4.69) is 10.0 Å². The summed E-state index contributed by atoms with van der Waals surface area (Å²) in [6, 6.07) is 10.4. The van der Waals surface area contributed by atoms with Crippen LogP contribution in [0, 0.1) is 13.8 Å². The lowest BCUT2D eigenvalue weighted by molar-refractivity contribution is -0.114. The Bertz CT molecular complexity index is 927. The third-order valence-electron chi connectivity index (χ3n) is 4.00. The van der Waals surface area contributed by atoms with Gasteiger partial charge in [0.2, 0.25) is 15.9 Å². The van der Waals surface area contributed by atoms with Crippen molar-refractivity contribution in [1.29, 1.82) is 0 Å². The molecule has 2 rings (SSSR count). The largest absolute Gasteiger partial charge is 0.492 e. The van der Waals surface area contributed by atoms with E-state index in [0.717, 1.165) is 21.8 Å². The van der Waals surface area contributed by atoms with Crippen molar-refractivity contribution < 1.29 is 17.9 Å². The van der Waals surface area contributed by atoms with E-state index >= 15 is 0 Å². The highest BCUT2D eigenvalue weighted by atomic mass is 32.2. The van der Waals surface area contributed by atoms with Crippen LogP contribution in [0.1, 0.15) is 18.1 Å². The van der Waals surface area contributed by atoms with Crippen molar-refractivity contribution in [3.63, 3.8) is 0 Å². The van der Waals surface area contributed by atoms with Crippen LogP contribution in [-0.2, 0) is 14.8 Å². The van der Waals surface area contributed by atoms with Gasteiger partial charge in [-0.1, -0.05) is 12.1 Å². The number of thioether (sulfide) groups is 1. The first-order valence-corrected chi connectivity index (χ1v) is 11.1. The first-order chi connectivity index (χ1) is 12.7. The van der Waals surface area contributed by atoms with Gasteiger partial charge in [-0.05, 0) is 55.5 Å². The molecule has 0 unspecified atom stereocenters. The third kappa shape index (κ3) is 5.72. The van der Waals surface area contributed by atoms with Crippen LogP contribution in [0.15, 0.2) is 46.2 Å². The molecule has 6 nitrogen and oxygen atoms in total. The summed E-state index contributed by atoms with van der Waals surface area (Å²) < 4.78 is 33.2. The number of anilines is 1. The van der Waals surface area contributed by atoms with Crippen molar-refractivity contribution in [3.05, 3.63) is 47.5 Å². The van der Waals surface area contributed by atoms with Crippen molar-refractivity contribution in [2.75, 3.05) is 24.7 Å². The van der Waals surface area contributed by atoms with Crippen LogP contribution in [0.2, 0.25) is 0 Å². The molecule has 0 spiro atoms. The van der Waals surface area contributed by atoms with Crippen LogP contribution in [0.4, 0.5) is 5.69 Å². The number of hydrogen-bond donors (Lipinski definition) is 2. The van der Waals surface area contributed by atoms with Crippen molar-refractivity contribution in [1.82, 2.24) is 4.72 Å². The fraction of sp³-hybridized carbons (Fsp3) is 0.316. The summed E-state index contributed by atoms with van der Waals surface area (Å²) in [6.07, 6.45) is 1.86. The minimum atomic E-state index is -3.71. The maximum absolute atomic E-state index is 12.5. The predicted octanol–water partition coefficient (Wildman–Crippen LogP) is 3.34. The van der Waals surface area contributed by atoms with Gasteiger partial charge >= 0.3 is 0 Å². The average molecular weight is 409 g/mol. The van der Waals surface area contributed by atoms with Gasteiger partial charge in [0.05, 0.1) is 10.6 Å². The first-order valence-electron chi connectivity index (χ1n) is 8.39.